The van der Waals surface area contributed by atoms with Gasteiger partial charge in [-0.15, -0.1) is 0 Å². The van der Waals surface area contributed by atoms with E-state index in [-0.39, 0.29) is 5.91 Å². The van der Waals surface area contributed by atoms with Crippen LogP contribution in [0.3, 0.4) is 0 Å². The van der Waals surface area contributed by atoms with Crippen LogP contribution in [0.25, 0.3) is 4.96 Å². The Balaban J connectivity index is 1.34. The van der Waals surface area contributed by atoms with Gasteiger partial charge in [0.2, 0.25) is 4.96 Å². The molecule has 3 aromatic heterocycles. The lowest BCUT2D eigenvalue weighted by Crippen LogP contribution is -2.38. The van der Waals surface area contributed by atoms with Crippen molar-refractivity contribution in [2.24, 2.45) is 0 Å². The second-order valence-electron chi connectivity index (χ2n) is 5.87. The normalized spacial score (nSPS) is 15.7. The summed E-state index contributed by atoms with van der Waals surface area (Å²) in [6.45, 7) is 7.09. The molecule has 0 bridgehead atoms. The van der Waals surface area contributed by atoms with E-state index in [9.17, 15) is 4.79 Å². The number of carbonyl (C=O) groups is 1. The number of hydrogen-bond donors (Lipinski definition) is 1. The van der Waals surface area contributed by atoms with Crippen molar-refractivity contribution < 1.29 is 9.53 Å². The summed E-state index contributed by atoms with van der Waals surface area (Å²) in [6, 6.07) is 0. The number of ether oxygens (including phenoxy) is 1. The van der Waals surface area contributed by atoms with Crippen LogP contribution in [0.4, 0.5) is 5.69 Å². The van der Waals surface area contributed by atoms with Crippen LogP contribution >= 0.6 is 11.3 Å². The van der Waals surface area contributed by atoms with Gasteiger partial charge < -0.3 is 10.1 Å². The van der Waals surface area contributed by atoms with Crippen molar-refractivity contribution in [3.63, 3.8) is 0 Å². The van der Waals surface area contributed by atoms with Crippen molar-refractivity contribution in [2.75, 3.05) is 38.2 Å². The second-order valence-corrected chi connectivity index (χ2v) is 7.03. The summed E-state index contributed by atoms with van der Waals surface area (Å²) >= 11 is 1.45. The number of amides is 1. The van der Waals surface area contributed by atoms with Gasteiger partial charge in [-0.3, -0.25) is 14.4 Å². The number of rotatable bonds is 5. The minimum Gasteiger partial charge on any atom is -0.379 e. The standard InChI is InChI=1S/C15H19N7O2S/c1-11-19-22-10-13(18-15(22)25-11)14(23)17-12-8-16-21(9-12)3-2-20-4-6-24-7-5-20/h8-10H,2-7H2,1H3,(H,17,23). The van der Waals surface area contributed by atoms with E-state index in [0.717, 1.165) is 44.4 Å². The first-order valence-corrected chi connectivity index (χ1v) is 8.96. The van der Waals surface area contributed by atoms with Crippen molar-refractivity contribution >= 4 is 27.9 Å². The van der Waals surface area contributed by atoms with Gasteiger partial charge in [0, 0.05) is 25.8 Å². The molecule has 25 heavy (non-hydrogen) atoms. The minimum atomic E-state index is -0.261. The highest BCUT2D eigenvalue weighted by molar-refractivity contribution is 7.16. The van der Waals surface area contributed by atoms with Crippen LogP contribution < -0.4 is 5.32 Å². The zero-order chi connectivity index (χ0) is 17.2. The van der Waals surface area contributed by atoms with Crippen molar-refractivity contribution in [3.8, 4) is 0 Å². The summed E-state index contributed by atoms with van der Waals surface area (Å²) in [4.78, 5) is 19.7. The predicted octanol–water partition coefficient (Wildman–Crippen LogP) is 0.880. The van der Waals surface area contributed by atoms with Crippen LogP contribution in [0.2, 0.25) is 0 Å². The number of morpholine rings is 1. The molecule has 0 aromatic carbocycles. The predicted molar refractivity (Wildman–Crippen MR) is 93.0 cm³/mol. The third-order valence-electron chi connectivity index (χ3n) is 4.02. The first-order valence-electron chi connectivity index (χ1n) is 8.14. The number of hydrogen-bond acceptors (Lipinski definition) is 7. The number of fused-ring (bicyclic) bond motifs is 1. The Labute approximate surface area is 148 Å². The first-order chi connectivity index (χ1) is 12.2. The average Bonchev–Trinajstić information content (AvgIpc) is 3.28. The Hall–Kier alpha value is -2.30. The van der Waals surface area contributed by atoms with Crippen LogP contribution in [-0.4, -0.2) is 68.0 Å². The van der Waals surface area contributed by atoms with Gasteiger partial charge in [0.1, 0.15) is 10.7 Å². The molecule has 0 saturated carbocycles. The van der Waals surface area contributed by atoms with Crippen molar-refractivity contribution in [2.45, 2.75) is 13.5 Å². The summed E-state index contributed by atoms with van der Waals surface area (Å²) in [5, 5.41) is 12.3. The molecular weight excluding hydrogens is 342 g/mol. The fraction of sp³-hybridized carbons (Fsp3) is 0.467. The van der Waals surface area contributed by atoms with Crippen LogP contribution in [0.5, 0.6) is 0 Å². The molecule has 1 amide bonds. The summed E-state index contributed by atoms with van der Waals surface area (Å²) < 4.78 is 8.80. The fourth-order valence-corrected chi connectivity index (χ4v) is 3.45. The molecule has 4 heterocycles. The molecule has 4 rings (SSSR count). The van der Waals surface area contributed by atoms with Gasteiger partial charge in [-0.1, -0.05) is 11.3 Å². The lowest BCUT2D eigenvalue weighted by atomic mass is 10.4. The van der Waals surface area contributed by atoms with Gasteiger partial charge in [0.25, 0.3) is 5.91 Å². The van der Waals surface area contributed by atoms with E-state index >= 15 is 0 Å². The molecule has 10 heteroatoms. The average molecular weight is 361 g/mol. The van der Waals surface area contributed by atoms with Gasteiger partial charge in [-0.25, -0.2) is 9.50 Å². The smallest absolute Gasteiger partial charge is 0.276 e. The van der Waals surface area contributed by atoms with E-state index in [1.54, 1.807) is 16.9 Å². The molecular formula is C15H19N7O2S. The van der Waals surface area contributed by atoms with Crippen LogP contribution in [0.15, 0.2) is 18.6 Å². The van der Waals surface area contributed by atoms with Gasteiger partial charge >= 0.3 is 0 Å². The molecule has 0 unspecified atom stereocenters. The number of aryl methyl sites for hydroxylation is 1. The third kappa shape index (κ3) is 3.70. The van der Waals surface area contributed by atoms with E-state index in [1.807, 2.05) is 17.8 Å². The maximum Gasteiger partial charge on any atom is 0.276 e. The quantitative estimate of drug-likeness (QED) is 0.726. The highest BCUT2D eigenvalue weighted by Crippen LogP contribution is 2.15. The molecule has 132 valence electrons. The van der Waals surface area contributed by atoms with Gasteiger partial charge in [-0.2, -0.15) is 10.2 Å². The maximum atomic E-state index is 12.3. The number of anilines is 1. The Morgan fingerprint density at radius 2 is 2.16 bits per heavy atom. The molecule has 1 saturated heterocycles. The SMILES string of the molecule is Cc1nn2cc(C(=O)Nc3cnn(CCN4CCOCC4)c3)nc2s1. The van der Waals surface area contributed by atoms with Gasteiger partial charge in [0.15, 0.2) is 0 Å². The number of imidazole rings is 1. The van der Waals surface area contributed by atoms with Crippen LogP contribution in [0.1, 0.15) is 15.5 Å². The molecule has 9 nitrogen and oxygen atoms in total. The largest absolute Gasteiger partial charge is 0.379 e. The van der Waals surface area contributed by atoms with E-state index < -0.39 is 0 Å². The van der Waals surface area contributed by atoms with Crippen molar-refractivity contribution in [3.05, 3.63) is 29.3 Å². The minimum absolute atomic E-state index is 0.261. The number of nitrogens with one attached hydrogen (secondary N) is 1. The van der Waals surface area contributed by atoms with Crippen molar-refractivity contribution in [1.29, 1.82) is 0 Å². The molecule has 1 fully saturated rings. The number of aromatic nitrogens is 5. The Morgan fingerprint density at radius 3 is 2.96 bits per heavy atom. The number of carbonyl (C=O) groups excluding carboxylic acids is 1. The Kier molecular flexibility index (Phi) is 4.47. The molecule has 0 spiro atoms. The first kappa shape index (κ1) is 16.2. The van der Waals surface area contributed by atoms with E-state index in [1.165, 1.54) is 11.3 Å². The molecule has 1 aliphatic heterocycles. The zero-order valence-electron chi connectivity index (χ0n) is 13.9. The second kappa shape index (κ2) is 6.90. The highest BCUT2D eigenvalue weighted by atomic mass is 32.1. The third-order valence-corrected chi connectivity index (χ3v) is 4.85. The molecule has 1 aliphatic rings. The maximum absolute atomic E-state index is 12.3. The van der Waals surface area contributed by atoms with Crippen LogP contribution in [-0.2, 0) is 11.3 Å². The van der Waals surface area contributed by atoms with Crippen molar-refractivity contribution in [1.82, 2.24) is 29.3 Å². The Bertz CT molecular complexity index is 846. The molecule has 1 N–H and O–H groups in total. The topological polar surface area (TPSA) is 89.6 Å². The Morgan fingerprint density at radius 1 is 1.32 bits per heavy atom. The summed E-state index contributed by atoms with van der Waals surface area (Å²) in [6.07, 6.45) is 5.12. The monoisotopic (exact) mass is 361 g/mol. The van der Waals surface area contributed by atoms with Crippen LogP contribution in [0, 0.1) is 6.92 Å². The van der Waals surface area contributed by atoms with E-state index in [4.69, 9.17) is 4.74 Å². The lowest BCUT2D eigenvalue weighted by Gasteiger charge is -2.26. The van der Waals surface area contributed by atoms with E-state index in [0.29, 0.717) is 16.3 Å². The summed E-state index contributed by atoms with van der Waals surface area (Å²) in [5.74, 6) is -0.261. The summed E-state index contributed by atoms with van der Waals surface area (Å²) in [7, 11) is 0. The molecule has 0 atom stereocenters. The fourth-order valence-electron chi connectivity index (χ4n) is 2.72. The van der Waals surface area contributed by atoms with Gasteiger partial charge in [0.05, 0.1) is 37.8 Å². The zero-order valence-corrected chi connectivity index (χ0v) is 14.7. The highest BCUT2D eigenvalue weighted by Gasteiger charge is 2.14. The summed E-state index contributed by atoms with van der Waals surface area (Å²) in [5.41, 5.74) is 1.01. The van der Waals surface area contributed by atoms with Gasteiger partial charge in [-0.05, 0) is 6.92 Å². The molecule has 0 radical (unpaired) electrons. The molecule has 3 aromatic rings. The van der Waals surface area contributed by atoms with E-state index in [2.05, 4.69) is 25.4 Å². The number of nitrogens with zero attached hydrogens (tertiary/aromatic N) is 6. The molecule has 0 aliphatic carbocycles. The lowest BCUT2D eigenvalue weighted by molar-refractivity contribution is 0.0360.